The largest absolute Gasteiger partial charge is 0.598 e. The van der Waals surface area contributed by atoms with Gasteiger partial charge in [0.2, 0.25) is 0 Å². The van der Waals surface area contributed by atoms with E-state index in [4.69, 9.17) is 4.74 Å². The summed E-state index contributed by atoms with van der Waals surface area (Å²) in [5.41, 5.74) is -0.818. The van der Waals surface area contributed by atoms with Gasteiger partial charge in [0.05, 0.1) is 6.10 Å². The van der Waals surface area contributed by atoms with Crippen molar-refractivity contribution in [2.75, 3.05) is 0 Å². The zero-order valence-electron chi connectivity index (χ0n) is 23.3. The van der Waals surface area contributed by atoms with E-state index in [2.05, 4.69) is 9.46 Å². The molecule has 0 fully saturated rings. The number of nitrogens with one attached hydrogen (secondary N) is 1. The molecule has 0 amide bonds. The van der Waals surface area contributed by atoms with E-state index in [0.717, 1.165) is 18.2 Å². The van der Waals surface area contributed by atoms with E-state index in [1.807, 2.05) is 6.92 Å². The highest BCUT2D eigenvalue weighted by atomic mass is 32.2. The van der Waals surface area contributed by atoms with Gasteiger partial charge in [0, 0.05) is 23.8 Å². The first-order valence-corrected chi connectivity index (χ1v) is 14.1. The van der Waals surface area contributed by atoms with Gasteiger partial charge in [0.25, 0.3) is 0 Å². The van der Waals surface area contributed by atoms with Crippen molar-refractivity contribution in [3.8, 4) is 11.5 Å². The third-order valence-corrected chi connectivity index (χ3v) is 7.98. The summed E-state index contributed by atoms with van der Waals surface area (Å²) in [5, 5.41) is 0. The minimum atomic E-state index is -4.90. The van der Waals surface area contributed by atoms with Crippen LogP contribution in [0.1, 0.15) is 57.7 Å². The number of rotatable bonds is 12. The Morgan fingerprint density at radius 2 is 1.59 bits per heavy atom. The summed E-state index contributed by atoms with van der Waals surface area (Å²) in [5.74, 6) is -2.75. The molecule has 2 unspecified atom stereocenters. The zero-order valence-corrected chi connectivity index (χ0v) is 24.1. The smallest absolute Gasteiger partial charge is 0.461 e. The molecule has 0 saturated carbocycles. The Morgan fingerprint density at radius 3 is 2.17 bits per heavy atom. The fraction of sp³-hybridized carbons (Fsp3) is 0.400. The van der Waals surface area contributed by atoms with Gasteiger partial charge in [-0.05, 0) is 75.1 Å². The molecule has 0 aromatic heterocycles. The molecule has 0 heterocycles. The molecule has 41 heavy (non-hydrogen) atoms. The van der Waals surface area contributed by atoms with Crippen LogP contribution >= 0.6 is 0 Å². The van der Waals surface area contributed by atoms with Crippen LogP contribution in [0.5, 0.6) is 11.5 Å². The highest BCUT2D eigenvalue weighted by Crippen LogP contribution is 2.40. The Labute approximate surface area is 239 Å². The summed E-state index contributed by atoms with van der Waals surface area (Å²) < 4.78 is 109. The van der Waals surface area contributed by atoms with Gasteiger partial charge in [-0.2, -0.15) is 17.6 Å². The lowest BCUT2D eigenvalue weighted by atomic mass is 9.78. The summed E-state index contributed by atoms with van der Waals surface area (Å²) >= 11 is -1.86. The fourth-order valence-electron chi connectivity index (χ4n) is 3.97. The summed E-state index contributed by atoms with van der Waals surface area (Å²) in [6.45, 7) is 8.66. The molecular formula is C30H33F6NO3S. The SMILES string of the molecule is CCC(C)Oc1cc([C@@](Cc2ccccc2)(N[S+]([O-])C(C)(C)C)c2cc(F)cc(OC(F)(F)C(F)F)c2)ccc1F. The molecule has 0 saturated heterocycles. The Balaban J connectivity index is 2.35. The lowest BCUT2D eigenvalue weighted by molar-refractivity contribution is -0.253. The molecule has 3 rings (SSSR count). The van der Waals surface area contributed by atoms with Crippen molar-refractivity contribution in [1.29, 1.82) is 0 Å². The standard InChI is InChI=1S/C30H33F6NO3S/c1-6-19(2)39-26-16-21(12-13-25(26)32)29(37-41(38)28(3,4)5,18-20-10-8-7-9-11-20)22-14-23(31)17-24(15-22)40-30(35,36)27(33)34/h7-17,19,27,37H,6,18H2,1-5H3/t19?,29-,41?/m1/s1. The monoisotopic (exact) mass is 601 g/mol. The van der Waals surface area contributed by atoms with Crippen LogP contribution in [0.3, 0.4) is 0 Å². The van der Waals surface area contributed by atoms with Crippen LogP contribution in [0.25, 0.3) is 0 Å². The average molecular weight is 602 g/mol. The van der Waals surface area contributed by atoms with Crippen molar-refractivity contribution in [1.82, 2.24) is 4.72 Å². The van der Waals surface area contributed by atoms with E-state index in [1.54, 1.807) is 58.0 Å². The van der Waals surface area contributed by atoms with E-state index >= 15 is 4.39 Å². The summed E-state index contributed by atoms with van der Waals surface area (Å²) in [6.07, 6.45) is -8.91. The Kier molecular flexibility index (Phi) is 10.3. The van der Waals surface area contributed by atoms with Crippen LogP contribution in [0, 0.1) is 11.6 Å². The van der Waals surface area contributed by atoms with Gasteiger partial charge < -0.3 is 14.0 Å². The van der Waals surface area contributed by atoms with Gasteiger partial charge in [-0.1, -0.05) is 43.3 Å². The van der Waals surface area contributed by atoms with Crippen LogP contribution in [0.4, 0.5) is 26.3 Å². The van der Waals surface area contributed by atoms with E-state index in [-0.39, 0.29) is 29.4 Å². The van der Waals surface area contributed by atoms with Crippen molar-refractivity contribution in [3.63, 3.8) is 0 Å². The Bertz CT molecular complexity index is 1310. The molecule has 11 heteroatoms. The van der Waals surface area contributed by atoms with Gasteiger partial charge in [-0.3, -0.25) is 0 Å². The van der Waals surface area contributed by atoms with Crippen molar-refractivity contribution in [3.05, 3.63) is 95.1 Å². The molecule has 4 nitrogen and oxygen atoms in total. The molecule has 3 atom stereocenters. The average Bonchev–Trinajstić information content (AvgIpc) is 2.88. The summed E-state index contributed by atoms with van der Waals surface area (Å²) in [6, 6.07) is 15.2. The second-order valence-electron chi connectivity index (χ2n) is 10.7. The predicted octanol–water partition coefficient (Wildman–Crippen LogP) is 7.92. The first-order valence-electron chi connectivity index (χ1n) is 12.9. The maximum atomic E-state index is 15.0. The van der Waals surface area contributed by atoms with Crippen LogP contribution < -0.4 is 14.2 Å². The van der Waals surface area contributed by atoms with Gasteiger partial charge in [0.15, 0.2) is 11.6 Å². The van der Waals surface area contributed by atoms with Crippen LogP contribution in [-0.4, -0.2) is 27.9 Å². The number of ether oxygens (including phenoxy) is 2. The van der Waals surface area contributed by atoms with E-state index in [0.29, 0.717) is 18.1 Å². The number of alkyl halides is 4. The molecule has 0 spiro atoms. The maximum absolute atomic E-state index is 15.0. The van der Waals surface area contributed by atoms with E-state index < -0.39 is 51.6 Å². The lowest BCUT2D eigenvalue weighted by Gasteiger charge is -2.39. The quantitative estimate of drug-likeness (QED) is 0.169. The number of hydrogen-bond donors (Lipinski definition) is 1. The molecule has 3 aromatic carbocycles. The van der Waals surface area contributed by atoms with Crippen LogP contribution in [0.15, 0.2) is 66.7 Å². The number of benzene rings is 3. The molecule has 1 N–H and O–H groups in total. The maximum Gasteiger partial charge on any atom is 0.461 e. The van der Waals surface area contributed by atoms with E-state index in [1.165, 1.54) is 12.1 Å². The summed E-state index contributed by atoms with van der Waals surface area (Å²) in [4.78, 5) is 0. The van der Waals surface area contributed by atoms with Gasteiger partial charge in [-0.15, -0.1) is 4.72 Å². The molecule has 0 bridgehead atoms. The minimum Gasteiger partial charge on any atom is -0.598 e. The van der Waals surface area contributed by atoms with Gasteiger partial charge >= 0.3 is 12.5 Å². The zero-order chi connectivity index (χ0) is 30.6. The van der Waals surface area contributed by atoms with Gasteiger partial charge in [0.1, 0.15) is 21.9 Å². The number of halogens is 6. The molecule has 224 valence electrons. The van der Waals surface area contributed by atoms with Crippen molar-refractivity contribution >= 4 is 11.4 Å². The second-order valence-corrected chi connectivity index (χ2v) is 12.6. The topological polar surface area (TPSA) is 53.5 Å². The Hall–Kier alpha value is -2.89. The highest BCUT2D eigenvalue weighted by Gasteiger charge is 2.46. The highest BCUT2D eigenvalue weighted by molar-refractivity contribution is 7.90. The van der Waals surface area contributed by atoms with Crippen molar-refractivity contribution < 1.29 is 40.4 Å². The summed E-state index contributed by atoms with van der Waals surface area (Å²) in [7, 11) is 0. The van der Waals surface area contributed by atoms with Crippen molar-refractivity contribution in [2.24, 2.45) is 0 Å². The van der Waals surface area contributed by atoms with Crippen molar-refractivity contribution in [2.45, 2.75) is 76.4 Å². The third kappa shape index (κ3) is 8.11. The fourth-order valence-corrected chi connectivity index (χ4v) is 4.90. The normalized spacial score (nSPS) is 15.3. The molecule has 0 aliphatic carbocycles. The van der Waals surface area contributed by atoms with E-state index in [9.17, 15) is 26.5 Å². The minimum absolute atomic E-state index is 0.0296. The third-order valence-electron chi connectivity index (χ3n) is 6.33. The van der Waals surface area contributed by atoms with Crippen LogP contribution in [-0.2, 0) is 23.3 Å². The molecule has 0 aliphatic rings. The molecule has 0 radical (unpaired) electrons. The molecule has 0 aliphatic heterocycles. The second kappa shape index (κ2) is 13.0. The molecule has 3 aromatic rings. The lowest BCUT2D eigenvalue weighted by Crippen LogP contribution is -2.53. The van der Waals surface area contributed by atoms with Gasteiger partial charge in [-0.25, -0.2) is 8.78 Å². The van der Waals surface area contributed by atoms with Crippen LogP contribution in [0.2, 0.25) is 0 Å². The Morgan fingerprint density at radius 1 is 0.927 bits per heavy atom. The first-order chi connectivity index (χ1) is 19.1. The first kappa shape index (κ1) is 32.6. The number of hydrogen-bond acceptors (Lipinski definition) is 4. The predicted molar refractivity (Wildman–Crippen MR) is 147 cm³/mol. The molecular weight excluding hydrogens is 568 g/mol.